The van der Waals surface area contributed by atoms with Gasteiger partial charge in [-0.25, -0.2) is 0 Å². The van der Waals surface area contributed by atoms with Crippen LogP contribution in [0.3, 0.4) is 0 Å². The zero-order valence-corrected chi connectivity index (χ0v) is 12.8. The highest BCUT2D eigenvalue weighted by atomic mass is 19.4. The molecule has 21 heavy (non-hydrogen) atoms. The number of halogens is 3. The maximum Gasteiger partial charge on any atom is 0.391 e. The topological polar surface area (TPSA) is 35.5 Å². The van der Waals surface area contributed by atoms with Gasteiger partial charge >= 0.3 is 6.18 Å². The van der Waals surface area contributed by atoms with Gasteiger partial charge in [0.25, 0.3) is 0 Å². The van der Waals surface area contributed by atoms with Crippen LogP contribution in [0.5, 0.6) is 0 Å². The van der Waals surface area contributed by atoms with Crippen molar-refractivity contribution in [2.75, 3.05) is 26.2 Å². The lowest BCUT2D eigenvalue weighted by molar-refractivity contribution is -0.185. The minimum absolute atomic E-state index is 0.111. The average Bonchev–Trinajstić information content (AvgIpc) is 3.22. The molecule has 2 rings (SSSR count). The van der Waals surface area contributed by atoms with Crippen molar-refractivity contribution in [3.63, 3.8) is 0 Å². The summed E-state index contributed by atoms with van der Waals surface area (Å²) < 4.78 is 37.8. The van der Waals surface area contributed by atoms with Crippen LogP contribution in [-0.2, 0) is 0 Å². The molecule has 0 bridgehead atoms. The molecule has 0 radical (unpaired) electrons. The Morgan fingerprint density at radius 2 is 1.76 bits per heavy atom. The van der Waals surface area contributed by atoms with E-state index in [4.69, 9.17) is 0 Å². The summed E-state index contributed by atoms with van der Waals surface area (Å²) in [5.74, 6) is -1.12. The summed E-state index contributed by atoms with van der Waals surface area (Å²) in [6.07, 6.45) is 0.547. The van der Waals surface area contributed by atoms with Crippen molar-refractivity contribution >= 4 is 0 Å². The fourth-order valence-corrected chi connectivity index (χ4v) is 3.09. The minimum atomic E-state index is -4.03. The molecule has 2 fully saturated rings. The summed E-state index contributed by atoms with van der Waals surface area (Å²) in [5, 5.41) is 13.0. The van der Waals surface area contributed by atoms with Crippen LogP contribution in [0.2, 0.25) is 0 Å². The van der Waals surface area contributed by atoms with Crippen LogP contribution in [0.25, 0.3) is 0 Å². The number of rotatable bonds is 7. The van der Waals surface area contributed by atoms with Gasteiger partial charge in [-0.3, -0.25) is 0 Å². The van der Waals surface area contributed by atoms with Crippen LogP contribution >= 0.6 is 0 Å². The third kappa shape index (κ3) is 5.42. The molecular formula is C15H27F3N2O. The second-order valence-electron chi connectivity index (χ2n) is 6.90. The summed E-state index contributed by atoms with van der Waals surface area (Å²) in [7, 11) is 0. The SMILES string of the molecule is CC(CO)(CCCN1CCC(C(F)(F)F)CC1)NC1CC1. The molecule has 124 valence electrons. The summed E-state index contributed by atoms with van der Waals surface area (Å²) in [4.78, 5) is 2.12. The average molecular weight is 308 g/mol. The number of hydrogen-bond acceptors (Lipinski definition) is 3. The van der Waals surface area contributed by atoms with Crippen molar-refractivity contribution in [3.05, 3.63) is 0 Å². The molecule has 0 spiro atoms. The van der Waals surface area contributed by atoms with Crippen LogP contribution < -0.4 is 5.32 Å². The number of hydrogen-bond donors (Lipinski definition) is 2. The molecule has 0 aromatic rings. The predicted molar refractivity (Wildman–Crippen MR) is 76.1 cm³/mol. The smallest absolute Gasteiger partial charge is 0.391 e. The van der Waals surface area contributed by atoms with Crippen molar-refractivity contribution in [3.8, 4) is 0 Å². The highest BCUT2D eigenvalue weighted by Gasteiger charge is 2.41. The summed E-state index contributed by atoms with van der Waals surface area (Å²) >= 11 is 0. The third-order valence-corrected chi connectivity index (χ3v) is 4.73. The molecule has 6 heteroatoms. The molecule has 1 aliphatic heterocycles. The monoisotopic (exact) mass is 308 g/mol. The van der Waals surface area contributed by atoms with Crippen molar-refractivity contribution in [2.45, 2.75) is 63.2 Å². The van der Waals surface area contributed by atoms with Gasteiger partial charge in [-0.05, 0) is 65.1 Å². The molecule has 1 saturated heterocycles. The number of likely N-dealkylation sites (tertiary alicyclic amines) is 1. The zero-order valence-electron chi connectivity index (χ0n) is 12.8. The molecule has 0 amide bonds. The van der Waals surface area contributed by atoms with E-state index in [1.54, 1.807) is 0 Å². The van der Waals surface area contributed by atoms with E-state index in [2.05, 4.69) is 10.2 Å². The van der Waals surface area contributed by atoms with Crippen molar-refractivity contribution in [1.29, 1.82) is 0 Å². The van der Waals surface area contributed by atoms with Gasteiger partial charge in [-0.2, -0.15) is 13.2 Å². The Kier molecular flexibility index (Phi) is 5.54. The van der Waals surface area contributed by atoms with E-state index in [0.29, 0.717) is 19.1 Å². The predicted octanol–water partition coefficient (Wildman–Crippen LogP) is 2.54. The highest BCUT2D eigenvalue weighted by Crippen LogP contribution is 2.34. The van der Waals surface area contributed by atoms with E-state index in [-0.39, 0.29) is 25.0 Å². The Bertz CT molecular complexity index is 325. The normalized spacial score (nSPS) is 25.0. The van der Waals surface area contributed by atoms with E-state index >= 15 is 0 Å². The first kappa shape index (κ1) is 17.0. The zero-order chi connectivity index (χ0) is 15.5. The quantitative estimate of drug-likeness (QED) is 0.759. The molecule has 1 heterocycles. The summed E-state index contributed by atoms with van der Waals surface area (Å²) in [5.41, 5.74) is -0.245. The minimum Gasteiger partial charge on any atom is -0.394 e. The Balaban J connectivity index is 1.65. The molecule has 1 aliphatic carbocycles. The molecule has 1 unspecified atom stereocenters. The lowest BCUT2D eigenvalue weighted by Crippen LogP contribution is -2.47. The number of aliphatic hydroxyl groups excluding tert-OH is 1. The number of alkyl halides is 3. The first-order valence-corrected chi connectivity index (χ1v) is 8.00. The standard InChI is InChI=1S/C15H27F3N2O/c1-14(11-21,19-13-3-4-13)7-2-8-20-9-5-12(6-10-20)15(16,17)18/h12-13,19,21H,2-11H2,1H3. The molecular weight excluding hydrogens is 281 g/mol. The van der Waals surface area contributed by atoms with E-state index in [0.717, 1.165) is 19.4 Å². The Morgan fingerprint density at radius 1 is 1.14 bits per heavy atom. The van der Waals surface area contributed by atoms with Crippen LogP contribution in [0, 0.1) is 5.92 Å². The van der Waals surface area contributed by atoms with Gasteiger partial charge < -0.3 is 15.3 Å². The van der Waals surface area contributed by atoms with Gasteiger partial charge in [0.05, 0.1) is 12.5 Å². The van der Waals surface area contributed by atoms with Gasteiger partial charge in [0.15, 0.2) is 0 Å². The van der Waals surface area contributed by atoms with Gasteiger partial charge in [-0.15, -0.1) is 0 Å². The second kappa shape index (κ2) is 6.84. The van der Waals surface area contributed by atoms with Gasteiger partial charge in [-0.1, -0.05) is 0 Å². The number of aliphatic hydroxyl groups is 1. The second-order valence-corrected chi connectivity index (χ2v) is 6.90. The van der Waals surface area contributed by atoms with Gasteiger partial charge in [0.2, 0.25) is 0 Å². The van der Waals surface area contributed by atoms with Gasteiger partial charge in [0, 0.05) is 11.6 Å². The maximum absolute atomic E-state index is 12.6. The maximum atomic E-state index is 12.6. The van der Waals surface area contributed by atoms with Crippen molar-refractivity contribution < 1.29 is 18.3 Å². The fraction of sp³-hybridized carbons (Fsp3) is 1.00. The number of nitrogens with one attached hydrogen (secondary N) is 1. The van der Waals surface area contributed by atoms with Crippen LogP contribution in [0.15, 0.2) is 0 Å². The molecule has 0 aromatic heterocycles. The summed E-state index contributed by atoms with van der Waals surface area (Å²) in [6.45, 7) is 4.04. The van der Waals surface area contributed by atoms with E-state index in [1.165, 1.54) is 12.8 Å². The van der Waals surface area contributed by atoms with Crippen LogP contribution in [0.4, 0.5) is 13.2 Å². The van der Waals surface area contributed by atoms with E-state index in [9.17, 15) is 18.3 Å². The van der Waals surface area contributed by atoms with Crippen LogP contribution in [0.1, 0.15) is 45.4 Å². The van der Waals surface area contributed by atoms with E-state index in [1.807, 2.05) is 6.92 Å². The molecule has 1 atom stereocenters. The Morgan fingerprint density at radius 3 is 2.24 bits per heavy atom. The van der Waals surface area contributed by atoms with E-state index < -0.39 is 12.1 Å². The van der Waals surface area contributed by atoms with Gasteiger partial charge in [0.1, 0.15) is 0 Å². The third-order valence-electron chi connectivity index (χ3n) is 4.73. The largest absolute Gasteiger partial charge is 0.394 e. The molecule has 2 aliphatic rings. The Hall–Kier alpha value is -0.330. The molecule has 1 saturated carbocycles. The first-order chi connectivity index (χ1) is 9.82. The first-order valence-electron chi connectivity index (χ1n) is 8.00. The lowest BCUT2D eigenvalue weighted by atomic mass is 9.94. The summed E-state index contributed by atoms with van der Waals surface area (Å²) in [6, 6.07) is 0.546. The van der Waals surface area contributed by atoms with Crippen molar-refractivity contribution in [1.82, 2.24) is 10.2 Å². The van der Waals surface area contributed by atoms with Crippen LogP contribution in [-0.4, -0.2) is 54.0 Å². The molecule has 3 nitrogen and oxygen atoms in total. The lowest BCUT2D eigenvalue weighted by Gasteiger charge is -2.34. The highest BCUT2D eigenvalue weighted by molar-refractivity contribution is 4.92. The fourth-order valence-electron chi connectivity index (χ4n) is 3.09. The number of nitrogens with zero attached hydrogens (tertiary/aromatic N) is 1. The Labute approximate surface area is 124 Å². The molecule has 2 N–H and O–H groups in total. The number of piperidine rings is 1. The molecule has 0 aromatic carbocycles. The van der Waals surface area contributed by atoms with Crippen molar-refractivity contribution in [2.24, 2.45) is 5.92 Å².